The highest BCUT2D eigenvalue weighted by Crippen LogP contribution is 2.37. The third-order valence-corrected chi connectivity index (χ3v) is 7.02. The molecule has 0 spiro atoms. The summed E-state index contributed by atoms with van der Waals surface area (Å²) in [7, 11) is -3.04. The maximum Gasteiger partial charge on any atom is 0.177 e. The third kappa shape index (κ3) is 3.06. The molecule has 0 radical (unpaired) electrons. The highest BCUT2D eigenvalue weighted by Gasteiger charge is 2.48. The van der Waals surface area contributed by atoms with Gasteiger partial charge in [0.25, 0.3) is 0 Å². The van der Waals surface area contributed by atoms with Gasteiger partial charge in [-0.3, -0.25) is 5.41 Å². The molecule has 2 heterocycles. The molecule has 2 atom stereocenters. The van der Waals surface area contributed by atoms with E-state index in [0.29, 0.717) is 15.6 Å². The van der Waals surface area contributed by atoms with E-state index in [1.165, 1.54) is 23.0 Å². The van der Waals surface area contributed by atoms with E-state index in [0.717, 1.165) is 0 Å². The molecular weight excluding hydrogens is 353 g/mol. The topological polar surface area (TPSA) is 73.6 Å². The van der Waals surface area contributed by atoms with Gasteiger partial charge in [-0.15, -0.1) is 0 Å². The molecule has 2 aliphatic heterocycles. The summed E-state index contributed by atoms with van der Waals surface area (Å²) in [5, 5.41) is 14.8. The van der Waals surface area contributed by atoms with E-state index < -0.39 is 9.84 Å². The maximum absolute atomic E-state index is 11.7. The fourth-order valence-electron chi connectivity index (χ4n) is 2.35. The van der Waals surface area contributed by atoms with Crippen molar-refractivity contribution in [2.24, 2.45) is 5.10 Å². The minimum absolute atomic E-state index is 0.0404. The largest absolute Gasteiger partial charge is 0.277 e. The summed E-state index contributed by atoms with van der Waals surface area (Å²) in [6, 6.07) is 4.76. The monoisotopic (exact) mass is 363 g/mol. The number of nitrogens with zero attached hydrogens (tertiary/aromatic N) is 2. The van der Waals surface area contributed by atoms with E-state index >= 15 is 0 Å². The highest BCUT2D eigenvalue weighted by molar-refractivity contribution is 8.15. The van der Waals surface area contributed by atoms with Gasteiger partial charge in [0.2, 0.25) is 0 Å². The molecule has 2 unspecified atom stereocenters. The summed E-state index contributed by atoms with van der Waals surface area (Å²) in [5.74, 6) is 0.150. The Morgan fingerprint density at radius 3 is 2.86 bits per heavy atom. The molecule has 21 heavy (non-hydrogen) atoms. The zero-order valence-electron chi connectivity index (χ0n) is 10.7. The molecule has 3 rings (SSSR count). The normalized spacial score (nSPS) is 27.5. The lowest BCUT2D eigenvalue weighted by molar-refractivity contribution is 0.376. The van der Waals surface area contributed by atoms with Crippen molar-refractivity contribution < 1.29 is 8.42 Å². The minimum atomic E-state index is -3.04. The van der Waals surface area contributed by atoms with Gasteiger partial charge in [-0.1, -0.05) is 41.0 Å². The van der Waals surface area contributed by atoms with Gasteiger partial charge in [-0.05, 0) is 12.1 Å². The average Bonchev–Trinajstić information content (AvgIpc) is 2.80. The van der Waals surface area contributed by atoms with Gasteiger partial charge in [-0.2, -0.15) is 5.10 Å². The molecule has 2 saturated heterocycles. The van der Waals surface area contributed by atoms with Gasteiger partial charge in [0.05, 0.1) is 28.8 Å². The van der Waals surface area contributed by atoms with Crippen LogP contribution in [0, 0.1) is 5.41 Å². The molecule has 1 aromatic rings. The van der Waals surface area contributed by atoms with Crippen molar-refractivity contribution in [2.75, 3.05) is 11.5 Å². The Balaban J connectivity index is 1.83. The van der Waals surface area contributed by atoms with Gasteiger partial charge in [0, 0.05) is 15.8 Å². The lowest BCUT2D eigenvalue weighted by Crippen LogP contribution is -2.32. The van der Waals surface area contributed by atoms with E-state index in [2.05, 4.69) is 5.10 Å². The Bertz CT molecular complexity index is 736. The van der Waals surface area contributed by atoms with Crippen molar-refractivity contribution in [1.82, 2.24) is 5.01 Å². The Morgan fingerprint density at radius 1 is 1.38 bits per heavy atom. The number of halogens is 2. The van der Waals surface area contributed by atoms with Crippen LogP contribution < -0.4 is 0 Å². The van der Waals surface area contributed by atoms with E-state index in [1.807, 2.05) is 0 Å². The predicted molar refractivity (Wildman–Crippen MR) is 87.4 cm³/mol. The molecule has 2 aliphatic rings. The first-order chi connectivity index (χ1) is 9.85. The number of benzene rings is 1. The summed E-state index contributed by atoms with van der Waals surface area (Å²) >= 11 is 13.1. The van der Waals surface area contributed by atoms with Crippen molar-refractivity contribution in [3.63, 3.8) is 0 Å². The van der Waals surface area contributed by atoms with Gasteiger partial charge in [0.1, 0.15) is 0 Å². The van der Waals surface area contributed by atoms with Crippen molar-refractivity contribution in [1.29, 1.82) is 5.41 Å². The molecule has 1 aromatic carbocycles. The maximum atomic E-state index is 11.7. The molecule has 112 valence electrons. The third-order valence-electron chi connectivity index (χ3n) is 3.34. The molecular formula is C12H11Cl2N3O2S2. The molecule has 1 N–H and O–H groups in total. The Kier molecular flexibility index (Phi) is 3.94. The highest BCUT2D eigenvalue weighted by atomic mass is 35.5. The van der Waals surface area contributed by atoms with Gasteiger partial charge >= 0.3 is 0 Å². The Morgan fingerprint density at radius 2 is 2.14 bits per heavy atom. The van der Waals surface area contributed by atoms with Crippen LogP contribution in [0.3, 0.4) is 0 Å². The van der Waals surface area contributed by atoms with Crippen LogP contribution in [0.5, 0.6) is 0 Å². The predicted octanol–water partition coefficient (Wildman–Crippen LogP) is 2.48. The smallest absolute Gasteiger partial charge is 0.177 e. The number of thioether (sulfide) groups is 1. The number of amidine groups is 1. The molecule has 0 aromatic heterocycles. The van der Waals surface area contributed by atoms with Crippen LogP contribution in [0.1, 0.15) is 5.56 Å². The van der Waals surface area contributed by atoms with Crippen molar-refractivity contribution in [3.8, 4) is 0 Å². The number of rotatable bonds is 2. The summed E-state index contributed by atoms with van der Waals surface area (Å²) in [4.78, 5) is 0. The SMILES string of the molecule is N=C1SC2CS(=O)(=O)CC2N1/N=C/c1ccc(Cl)cc1Cl. The molecule has 9 heteroatoms. The zero-order chi connectivity index (χ0) is 15.2. The fourth-order valence-corrected chi connectivity index (χ4v) is 6.53. The van der Waals surface area contributed by atoms with Crippen molar-refractivity contribution >= 4 is 56.2 Å². The molecule has 0 aliphatic carbocycles. The number of fused-ring (bicyclic) bond motifs is 1. The van der Waals surface area contributed by atoms with Crippen molar-refractivity contribution in [3.05, 3.63) is 33.8 Å². The van der Waals surface area contributed by atoms with Gasteiger partial charge < -0.3 is 0 Å². The van der Waals surface area contributed by atoms with Crippen LogP contribution in [-0.4, -0.2) is 47.6 Å². The first kappa shape index (κ1) is 15.1. The summed E-state index contributed by atoms with van der Waals surface area (Å²) in [6.07, 6.45) is 1.53. The van der Waals surface area contributed by atoms with Crippen molar-refractivity contribution in [2.45, 2.75) is 11.3 Å². The number of sulfone groups is 1. The first-order valence-corrected chi connectivity index (χ1v) is 9.55. The van der Waals surface area contributed by atoms with Crippen LogP contribution in [0.25, 0.3) is 0 Å². The summed E-state index contributed by atoms with van der Waals surface area (Å²) < 4.78 is 23.3. The lowest BCUT2D eigenvalue weighted by Gasteiger charge is -2.17. The average molecular weight is 364 g/mol. The minimum Gasteiger partial charge on any atom is -0.277 e. The number of hydrazone groups is 1. The molecule has 0 bridgehead atoms. The second-order valence-electron chi connectivity index (χ2n) is 4.86. The summed E-state index contributed by atoms with van der Waals surface area (Å²) in [6.45, 7) is 0. The first-order valence-electron chi connectivity index (χ1n) is 6.10. The van der Waals surface area contributed by atoms with Crippen LogP contribution in [0.2, 0.25) is 10.0 Å². The van der Waals surface area contributed by atoms with E-state index in [1.54, 1.807) is 18.2 Å². The van der Waals surface area contributed by atoms with Crippen LogP contribution in [0.4, 0.5) is 0 Å². The lowest BCUT2D eigenvalue weighted by atomic mass is 10.2. The number of hydrogen-bond donors (Lipinski definition) is 1. The summed E-state index contributed by atoms with van der Waals surface area (Å²) in [5.41, 5.74) is 0.670. The standard InChI is InChI=1S/C12H11Cl2N3O2S2/c13-8-2-1-7(9(14)3-8)4-16-17-10-5-21(18,19)6-11(10)20-12(17)15/h1-4,10-11,15H,5-6H2/b15-12?,16-4+. The van der Waals surface area contributed by atoms with Crippen LogP contribution in [0.15, 0.2) is 23.3 Å². The molecule has 0 saturated carbocycles. The Hall–Kier alpha value is -0.760. The van der Waals surface area contributed by atoms with Crippen LogP contribution in [-0.2, 0) is 9.84 Å². The Labute approximate surface area is 136 Å². The quantitative estimate of drug-likeness (QED) is 0.819. The van der Waals surface area contributed by atoms with Gasteiger partial charge in [-0.25, -0.2) is 13.4 Å². The molecule has 2 fully saturated rings. The van der Waals surface area contributed by atoms with E-state index in [-0.39, 0.29) is 28.0 Å². The molecule has 5 nitrogen and oxygen atoms in total. The fraction of sp³-hybridized carbons (Fsp3) is 0.333. The molecule has 0 amide bonds. The van der Waals surface area contributed by atoms with Crippen LogP contribution >= 0.6 is 35.0 Å². The second kappa shape index (κ2) is 5.46. The van der Waals surface area contributed by atoms with Gasteiger partial charge in [0.15, 0.2) is 15.0 Å². The second-order valence-corrected chi connectivity index (χ2v) is 9.09. The van der Waals surface area contributed by atoms with E-state index in [4.69, 9.17) is 28.6 Å². The van der Waals surface area contributed by atoms with E-state index in [9.17, 15) is 8.42 Å². The zero-order valence-corrected chi connectivity index (χ0v) is 13.8. The number of nitrogens with one attached hydrogen (secondary N) is 1. The number of hydrogen-bond acceptors (Lipinski definition) is 5.